The van der Waals surface area contributed by atoms with Crippen LogP contribution in [0, 0.1) is 5.92 Å². The molecule has 35 heavy (non-hydrogen) atoms. The van der Waals surface area contributed by atoms with E-state index in [1.165, 1.54) is 11.2 Å². The van der Waals surface area contributed by atoms with Gasteiger partial charge in [-0.3, -0.25) is 14.4 Å². The van der Waals surface area contributed by atoms with Crippen molar-refractivity contribution >= 4 is 17.5 Å². The second kappa shape index (κ2) is 9.50. The number of benzene rings is 2. The Morgan fingerprint density at radius 3 is 2.66 bits per heavy atom. The third-order valence-corrected chi connectivity index (χ3v) is 5.99. The van der Waals surface area contributed by atoms with Crippen LogP contribution in [0.25, 0.3) is 0 Å². The number of furan rings is 1. The third-order valence-electron chi connectivity index (χ3n) is 5.99. The lowest BCUT2D eigenvalue weighted by Gasteiger charge is -2.27. The highest BCUT2D eigenvalue weighted by Gasteiger charge is 2.52. The van der Waals surface area contributed by atoms with Gasteiger partial charge in [-0.05, 0) is 48.0 Å². The Morgan fingerprint density at radius 1 is 1.06 bits per heavy atom. The minimum Gasteiger partial charge on any atom is -0.490 e. The molecule has 0 bridgehead atoms. The topological polar surface area (TPSA) is 95.3 Å². The molecule has 2 aliphatic heterocycles. The van der Waals surface area contributed by atoms with Gasteiger partial charge in [0.05, 0.1) is 18.8 Å². The summed E-state index contributed by atoms with van der Waals surface area (Å²) in [6.45, 7) is 4.78. The standard InChI is InChI=1S/C27H23NO7/c1-2-10-32-19-6-3-5-17(14-19)24-23(26(30)27(31)28(24)16-20-7-4-11-33-20)25(29)18-8-9-21-22(15-18)35-13-12-34-21/h2-9,11,14-15,23-24H,1,10,12-13,16H2. The van der Waals surface area contributed by atoms with Gasteiger partial charge in [-0.1, -0.05) is 24.8 Å². The number of likely N-dealkylation sites (tertiary alicyclic amines) is 1. The summed E-state index contributed by atoms with van der Waals surface area (Å²) in [6.07, 6.45) is 3.11. The predicted octanol–water partition coefficient (Wildman–Crippen LogP) is 3.77. The maximum absolute atomic E-state index is 13.7. The minimum absolute atomic E-state index is 0.0465. The number of Topliss-reactive ketones (excluding diaryl/α,β-unsaturated/α-hetero) is 2. The zero-order chi connectivity index (χ0) is 24.4. The summed E-state index contributed by atoms with van der Waals surface area (Å²) in [5.41, 5.74) is 0.873. The molecular weight excluding hydrogens is 450 g/mol. The predicted molar refractivity (Wildman–Crippen MR) is 124 cm³/mol. The average molecular weight is 473 g/mol. The molecule has 5 rings (SSSR count). The van der Waals surface area contributed by atoms with Gasteiger partial charge in [0.25, 0.3) is 5.91 Å². The molecule has 0 saturated carbocycles. The highest BCUT2D eigenvalue weighted by atomic mass is 16.6. The first-order valence-corrected chi connectivity index (χ1v) is 11.2. The van der Waals surface area contributed by atoms with Gasteiger partial charge in [0.15, 0.2) is 17.3 Å². The average Bonchev–Trinajstić information content (AvgIpc) is 3.49. The number of ether oxygens (including phenoxy) is 3. The highest BCUT2D eigenvalue weighted by molar-refractivity contribution is 6.44. The Bertz CT molecular complexity index is 1280. The van der Waals surface area contributed by atoms with E-state index in [0.29, 0.717) is 48.4 Å². The van der Waals surface area contributed by atoms with Crippen molar-refractivity contribution < 1.29 is 33.0 Å². The van der Waals surface area contributed by atoms with E-state index in [-0.39, 0.29) is 12.1 Å². The van der Waals surface area contributed by atoms with Gasteiger partial charge in [0.1, 0.15) is 37.2 Å². The van der Waals surface area contributed by atoms with Gasteiger partial charge in [-0.25, -0.2) is 0 Å². The second-order valence-corrected chi connectivity index (χ2v) is 8.19. The molecule has 0 spiro atoms. The number of hydrogen-bond donors (Lipinski definition) is 0. The van der Waals surface area contributed by atoms with Gasteiger partial charge in [0, 0.05) is 5.56 Å². The summed E-state index contributed by atoms with van der Waals surface area (Å²) in [5.74, 6) is -1.20. The van der Waals surface area contributed by atoms with E-state index in [1.54, 1.807) is 60.7 Å². The summed E-state index contributed by atoms with van der Waals surface area (Å²) >= 11 is 0. The van der Waals surface area contributed by atoms with Crippen molar-refractivity contribution in [1.82, 2.24) is 4.90 Å². The molecule has 0 aliphatic carbocycles. The molecule has 2 aliphatic rings. The SMILES string of the molecule is C=CCOc1cccc(C2C(C(=O)c3ccc4c(c3)OCCO4)C(=O)C(=O)N2Cc2ccco2)c1. The van der Waals surface area contributed by atoms with Gasteiger partial charge in [-0.2, -0.15) is 0 Å². The van der Waals surface area contributed by atoms with E-state index in [2.05, 4.69) is 6.58 Å². The lowest BCUT2D eigenvalue weighted by Crippen LogP contribution is -2.30. The second-order valence-electron chi connectivity index (χ2n) is 8.19. The van der Waals surface area contributed by atoms with E-state index in [1.807, 2.05) is 0 Å². The Balaban J connectivity index is 1.55. The highest BCUT2D eigenvalue weighted by Crippen LogP contribution is 2.41. The molecule has 3 aromatic rings. The summed E-state index contributed by atoms with van der Waals surface area (Å²) in [5, 5.41) is 0. The summed E-state index contributed by atoms with van der Waals surface area (Å²) in [6, 6.07) is 14.4. The summed E-state index contributed by atoms with van der Waals surface area (Å²) in [7, 11) is 0. The zero-order valence-electron chi connectivity index (χ0n) is 18.8. The van der Waals surface area contributed by atoms with Crippen LogP contribution in [0.2, 0.25) is 0 Å². The van der Waals surface area contributed by atoms with Crippen molar-refractivity contribution in [2.24, 2.45) is 5.92 Å². The molecule has 1 aromatic heterocycles. The van der Waals surface area contributed by atoms with Crippen LogP contribution in [0.4, 0.5) is 0 Å². The lowest BCUT2D eigenvalue weighted by molar-refractivity contribution is -0.141. The number of carbonyl (C=O) groups excluding carboxylic acids is 3. The molecule has 1 saturated heterocycles. The van der Waals surface area contributed by atoms with Crippen LogP contribution in [0.15, 0.2) is 77.9 Å². The van der Waals surface area contributed by atoms with E-state index >= 15 is 0 Å². The van der Waals surface area contributed by atoms with Crippen molar-refractivity contribution in [3.63, 3.8) is 0 Å². The molecule has 2 unspecified atom stereocenters. The van der Waals surface area contributed by atoms with E-state index < -0.39 is 29.4 Å². The van der Waals surface area contributed by atoms with Crippen molar-refractivity contribution in [3.8, 4) is 17.2 Å². The van der Waals surface area contributed by atoms with Crippen molar-refractivity contribution in [1.29, 1.82) is 0 Å². The summed E-state index contributed by atoms with van der Waals surface area (Å²) < 4.78 is 22.2. The monoisotopic (exact) mass is 473 g/mol. The Labute approximate surface area is 201 Å². The van der Waals surface area contributed by atoms with Gasteiger partial charge >= 0.3 is 0 Å². The van der Waals surface area contributed by atoms with E-state index in [9.17, 15) is 14.4 Å². The number of ketones is 2. The van der Waals surface area contributed by atoms with Crippen LogP contribution in [0.3, 0.4) is 0 Å². The molecule has 2 aromatic carbocycles. The largest absolute Gasteiger partial charge is 0.490 e. The first kappa shape index (κ1) is 22.5. The number of amides is 1. The molecule has 3 heterocycles. The number of nitrogens with zero attached hydrogens (tertiary/aromatic N) is 1. The number of rotatable bonds is 8. The van der Waals surface area contributed by atoms with Gasteiger partial charge in [0.2, 0.25) is 5.78 Å². The van der Waals surface area contributed by atoms with E-state index in [0.717, 1.165) is 0 Å². The number of hydrogen-bond acceptors (Lipinski definition) is 7. The molecule has 8 heteroatoms. The van der Waals surface area contributed by atoms with Crippen LogP contribution < -0.4 is 14.2 Å². The molecule has 1 amide bonds. The molecule has 0 N–H and O–H groups in total. The zero-order valence-corrected chi connectivity index (χ0v) is 18.8. The fraction of sp³-hybridized carbons (Fsp3) is 0.222. The van der Waals surface area contributed by atoms with Crippen LogP contribution in [-0.2, 0) is 16.1 Å². The van der Waals surface area contributed by atoms with Crippen LogP contribution in [0.5, 0.6) is 17.2 Å². The van der Waals surface area contributed by atoms with Crippen molar-refractivity contribution in [2.75, 3.05) is 19.8 Å². The lowest BCUT2D eigenvalue weighted by atomic mass is 9.86. The molecule has 178 valence electrons. The minimum atomic E-state index is -1.24. The third kappa shape index (κ3) is 4.30. The van der Waals surface area contributed by atoms with Crippen LogP contribution >= 0.6 is 0 Å². The van der Waals surface area contributed by atoms with E-state index in [4.69, 9.17) is 18.6 Å². The molecule has 0 radical (unpaired) electrons. The Morgan fingerprint density at radius 2 is 1.89 bits per heavy atom. The smallest absolute Gasteiger partial charge is 0.291 e. The maximum Gasteiger partial charge on any atom is 0.291 e. The molecule has 2 atom stereocenters. The maximum atomic E-state index is 13.7. The first-order chi connectivity index (χ1) is 17.1. The molecule has 1 fully saturated rings. The fourth-order valence-corrected chi connectivity index (χ4v) is 4.42. The van der Waals surface area contributed by atoms with Crippen molar-refractivity contribution in [3.05, 3.63) is 90.4 Å². The normalized spacial score (nSPS) is 19.0. The fourth-order valence-electron chi connectivity index (χ4n) is 4.42. The quantitative estimate of drug-likeness (QED) is 0.213. The number of fused-ring (bicyclic) bond motifs is 1. The van der Waals surface area contributed by atoms with Crippen LogP contribution in [-0.4, -0.2) is 42.2 Å². The van der Waals surface area contributed by atoms with Crippen LogP contribution in [0.1, 0.15) is 27.7 Å². The number of carbonyl (C=O) groups is 3. The summed E-state index contributed by atoms with van der Waals surface area (Å²) in [4.78, 5) is 41.5. The molecular formula is C27H23NO7. The Hall–Kier alpha value is -4.33. The Kier molecular flexibility index (Phi) is 6.10. The molecule has 8 nitrogen and oxygen atoms in total. The van der Waals surface area contributed by atoms with Gasteiger partial charge in [-0.15, -0.1) is 0 Å². The van der Waals surface area contributed by atoms with Crippen molar-refractivity contribution in [2.45, 2.75) is 12.6 Å². The first-order valence-electron chi connectivity index (χ1n) is 11.2. The van der Waals surface area contributed by atoms with Gasteiger partial charge < -0.3 is 23.5 Å².